The molecule has 24 heteroatoms. The first-order chi connectivity index (χ1) is 24.5. The van der Waals surface area contributed by atoms with Gasteiger partial charge in [0.05, 0.1) is 14.7 Å². The van der Waals surface area contributed by atoms with Gasteiger partial charge in [-0.15, -0.1) is 0 Å². The van der Waals surface area contributed by atoms with Gasteiger partial charge >= 0.3 is 12.4 Å². The van der Waals surface area contributed by atoms with E-state index in [-0.39, 0.29) is 22.1 Å². The van der Waals surface area contributed by atoms with Crippen molar-refractivity contribution in [3.63, 3.8) is 0 Å². The molecule has 2 unspecified atom stereocenters. The zero-order valence-electron chi connectivity index (χ0n) is 28.1. The van der Waals surface area contributed by atoms with Crippen molar-refractivity contribution in [1.29, 1.82) is 0 Å². The molecule has 294 valence electrons. The van der Waals surface area contributed by atoms with E-state index in [1.165, 1.54) is 38.5 Å². The summed E-state index contributed by atoms with van der Waals surface area (Å²) >= 11 is 3.30. The molecule has 2 aromatic heterocycles. The van der Waals surface area contributed by atoms with Crippen molar-refractivity contribution in [1.82, 2.24) is 9.97 Å². The smallest absolute Gasteiger partial charge is 0.312 e. The Balaban J connectivity index is 0.000000291. The molecule has 0 spiro atoms. The van der Waals surface area contributed by atoms with Gasteiger partial charge in [0, 0.05) is 38.6 Å². The molecule has 0 fully saturated rings. The zero-order valence-corrected chi connectivity index (χ0v) is 33.1. The predicted molar refractivity (Wildman–Crippen MR) is 189 cm³/mol. The summed E-state index contributed by atoms with van der Waals surface area (Å²) < 4.78 is 155. The van der Waals surface area contributed by atoms with Crippen LogP contribution in [0.5, 0.6) is 0 Å². The molecular weight excluding hydrogens is 882 g/mol. The van der Waals surface area contributed by atoms with E-state index in [4.69, 9.17) is 0 Å². The van der Waals surface area contributed by atoms with Crippen molar-refractivity contribution >= 4 is 77.6 Å². The molecule has 4 aromatic rings. The lowest BCUT2D eigenvalue weighted by atomic mass is 10.3. The lowest BCUT2D eigenvalue weighted by molar-refractivity contribution is -0.384. The van der Waals surface area contributed by atoms with Crippen molar-refractivity contribution in [3.8, 4) is 0 Å². The molecule has 0 saturated heterocycles. The Morgan fingerprint density at radius 3 is 1.37 bits per heavy atom. The third kappa shape index (κ3) is 12.2. The minimum atomic E-state index is -4.82. The van der Waals surface area contributed by atoms with Crippen molar-refractivity contribution < 1.29 is 65.6 Å². The van der Waals surface area contributed by atoms with Crippen LogP contribution in [0.25, 0.3) is 0 Å². The van der Waals surface area contributed by atoms with Crippen LogP contribution >= 0.6 is 30.2 Å². The number of halogens is 7. The number of hydrogen-bond acceptors (Lipinski definition) is 12. The molecule has 0 amide bonds. The van der Waals surface area contributed by atoms with E-state index in [1.807, 2.05) is 0 Å². The number of hydrogen-bond donors (Lipinski definition) is 0. The number of rotatable bonds is 11. The fourth-order valence-electron chi connectivity index (χ4n) is 4.27. The van der Waals surface area contributed by atoms with Crippen LogP contribution in [0.4, 0.5) is 32.0 Å². The molecule has 0 bridgehead atoms. The Labute approximate surface area is 313 Å². The Bertz CT molecular complexity index is 2330. The Morgan fingerprint density at radius 1 is 0.685 bits per heavy atom. The maximum Gasteiger partial charge on any atom is 0.413 e. The van der Waals surface area contributed by atoms with E-state index >= 15 is 0 Å². The van der Waals surface area contributed by atoms with E-state index in [0.717, 1.165) is 42.5 Å². The monoisotopic (exact) mass is 909 g/mol. The Hall–Kier alpha value is -3.52. The van der Waals surface area contributed by atoms with Crippen LogP contribution < -0.4 is 21.5 Å². The lowest BCUT2D eigenvalue weighted by Crippen LogP contribution is -2.21. The summed E-state index contributed by atoms with van der Waals surface area (Å²) in [5, 5.41) is 11.4. The van der Waals surface area contributed by atoms with E-state index in [0.29, 0.717) is 20.9 Å². The average Bonchev–Trinajstić information content (AvgIpc) is 3.05. The summed E-state index contributed by atoms with van der Waals surface area (Å²) in [6.45, 7) is 2.12. The highest BCUT2D eigenvalue weighted by Gasteiger charge is 2.33. The minimum absolute atomic E-state index is 0.0527. The maximum atomic E-state index is 13.1. The van der Waals surface area contributed by atoms with Gasteiger partial charge in [-0.25, -0.2) is 9.97 Å². The van der Waals surface area contributed by atoms with Crippen molar-refractivity contribution in [3.05, 3.63) is 98.8 Å². The first kappa shape index (κ1) is 44.9. The summed E-state index contributed by atoms with van der Waals surface area (Å²) in [5.41, 5.74) is 0.892. The third-order valence-electron chi connectivity index (χ3n) is 6.91. The summed E-state index contributed by atoms with van der Waals surface area (Å²) in [7, 11) is -15.8. The van der Waals surface area contributed by atoms with E-state index < -0.39 is 74.8 Å². The molecular formula is C30H28BrF6N3O10P2S2. The Kier molecular flexibility index (Phi) is 13.9. The first-order valence-electron chi connectivity index (χ1n) is 14.6. The highest BCUT2D eigenvalue weighted by molar-refractivity contribution is 9.10. The standard InChI is InChI=1S/C15H14BrF3NO4PS.C15H14F3N2O6PS/c1-10-7-11(16)8-14(20-10)25(2,21)12-3-5-13(6-4-12)26(22,23)24-9-15(17,18)19;1-10-7-11(20(21)22)8-14(19-10)27(2,23)12-3-5-13(6-4-12)28(24,25)26-9-15(16,17)18/h3-8H,9H2,1-2H3;3-8H,9H2,1-2H3. The van der Waals surface area contributed by atoms with Crippen LogP contribution in [0.15, 0.2) is 87.1 Å². The van der Waals surface area contributed by atoms with Crippen LogP contribution in [0.1, 0.15) is 11.4 Å². The van der Waals surface area contributed by atoms with Gasteiger partial charge in [-0.2, -0.15) is 43.2 Å². The second-order valence-corrected chi connectivity index (χ2v) is 21.2. The lowest BCUT2D eigenvalue weighted by Gasteiger charge is -2.15. The Morgan fingerprint density at radius 2 is 1.04 bits per heavy atom. The molecule has 0 N–H and O–H groups in total. The fraction of sp³-hybridized carbons (Fsp3) is 0.267. The van der Waals surface area contributed by atoms with Gasteiger partial charge in [-0.05, 0) is 87.8 Å². The maximum absolute atomic E-state index is 13.1. The second-order valence-electron chi connectivity index (χ2n) is 11.4. The van der Waals surface area contributed by atoms with Crippen LogP contribution in [0.3, 0.4) is 0 Å². The van der Waals surface area contributed by atoms with Gasteiger partial charge in [0.2, 0.25) is 0 Å². The number of pyridine rings is 2. The molecule has 4 rings (SSSR count). The normalized spacial score (nSPS) is 14.6. The van der Waals surface area contributed by atoms with E-state index in [2.05, 4.69) is 34.3 Å². The van der Waals surface area contributed by atoms with Crippen LogP contribution in [-0.4, -0.2) is 70.6 Å². The average molecular weight is 911 g/mol. The predicted octanol–water partition coefficient (Wildman–Crippen LogP) is 5.87. The van der Waals surface area contributed by atoms with Gasteiger partial charge in [-0.3, -0.25) is 18.5 Å². The molecule has 2 atom stereocenters. The largest absolute Gasteiger partial charge is 0.413 e. The van der Waals surface area contributed by atoms with Crippen LogP contribution in [0, 0.1) is 24.0 Å². The molecule has 0 saturated carbocycles. The van der Waals surface area contributed by atoms with Gasteiger partial charge in [0.1, 0.15) is 10.9 Å². The van der Waals surface area contributed by atoms with Gasteiger partial charge in [-0.1, -0.05) is 15.9 Å². The summed E-state index contributed by atoms with van der Waals surface area (Å²) in [6, 6.07) is 14.5. The SMILES string of the molecule is Cc1cc(Br)cc(P(C)(=O)c2ccc(S(=O)(=O)OCC(F)(F)F)cc2)n1.Cc1cc([N+](=O)[O-])cc(P(C)(=O)c2ccc(S(=O)(=O)OCC(F)(F)F)cc2)n1. The van der Waals surface area contributed by atoms with Crippen molar-refractivity contribution in [2.24, 2.45) is 0 Å². The first-order valence-corrected chi connectivity index (χ1v) is 22.5. The second kappa shape index (κ2) is 16.7. The third-order valence-corrected chi connectivity index (χ3v) is 14.7. The number of nitro groups is 1. The van der Waals surface area contributed by atoms with Crippen molar-refractivity contribution in [2.45, 2.75) is 36.0 Å². The summed E-state index contributed by atoms with van der Waals surface area (Å²) in [6.07, 6.45) is -9.59. The van der Waals surface area contributed by atoms with Crippen LogP contribution in [-0.2, 0) is 37.7 Å². The van der Waals surface area contributed by atoms with Crippen LogP contribution in [0.2, 0.25) is 0 Å². The molecule has 13 nitrogen and oxygen atoms in total. The topological polar surface area (TPSA) is 190 Å². The number of aromatic nitrogens is 2. The number of aryl methyl sites for hydroxylation is 2. The highest BCUT2D eigenvalue weighted by Crippen LogP contribution is 2.40. The van der Waals surface area contributed by atoms with Gasteiger partial charge < -0.3 is 9.13 Å². The van der Waals surface area contributed by atoms with E-state index in [1.54, 1.807) is 19.1 Å². The zero-order chi connectivity index (χ0) is 41.1. The molecule has 0 aliphatic carbocycles. The minimum Gasteiger partial charge on any atom is -0.312 e. The molecule has 2 heterocycles. The fourth-order valence-corrected chi connectivity index (χ4v) is 10.2. The molecule has 0 radical (unpaired) electrons. The number of nitrogens with zero attached hydrogens (tertiary/aromatic N) is 3. The number of benzene rings is 2. The number of alkyl halides is 6. The van der Waals surface area contributed by atoms with Crippen molar-refractivity contribution in [2.75, 3.05) is 26.5 Å². The molecule has 2 aromatic carbocycles. The van der Waals surface area contributed by atoms with Gasteiger partial charge in [0.15, 0.2) is 27.5 Å². The summed E-state index contributed by atoms with van der Waals surface area (Å²) in [5.74, 6) is 0. The molecule has 54 heavy (non-hydrogen) atoms. The summed E-state index contributed by atoms with van der Waals surface area (Å²) in [4.78, 5) is 17.6. The highest BCUT2D eigenvalue weighted by atomic mass is 79.9. The molecule has 0 aliphatic rings. The quantitative estimate of drug-likeness (QED) is 0.0573. The molecule has 0 aliphatic heterocycles. The van der Waals surface area contributed by atoms with E-state index in [9.17, 15) is 62.4 Å². The van der Waals surface area contributed by atoms with Gasteiger partial charge in [0.25, 0.3) is 25.9 Å².